The van der Waals surface area contributed by atoms with Crippen molar-refractivity contribution in [1.82, 2.24) is 14.6 Å². The number of aliphatic hydroxyl groups excluding tert-OH is 2. The number of aromatic nitrogens is 3. The molecule has 0 bridgehead atoms. The Kier molecular flexibility index (Phi) is 2.73. The third-order valence-corrected chi connectivity index (χ3v) is 2.16. The first-order valence-corrected chi connectivity index (χ1v) is 4.56. The van der Waals surface area contributed by atoms with E-state index >= 15 is 0 Å². The summed E-state index contributed by atoms with van der Waals surface area (Å²) < 4.78 is 0.968. The van der Waals surface area contributed by atoms with E-state index in [4.69, 9.17) is 15.7 Å². The van der Waals surface area contributed by atoms with Gasteiger partial charge in [0.15, 0.2) is 0 Å². The first-order chi connectivity index (χ1) is 7.61. The summed E-state index contributed by atoms with van der Waals surface area (Å²) in [6.45, 7) is -0.305. The molecule has 2 heterocycles. The number of nitrogen functional groups attached to an aromatic ring is 1. The molecule has 1 aliphatic rings. The van der Waals surface area contributed by atoms with Crippen molar-refractivity contribution in [2.45, 2.75) is 12.2 Å². The van der Waals surface area contributed by atoms with Crippen LogP contribution < -0.4 is 16.6 Å². The number of rotatable bonds is 2. The number of nitrogens with two attached hydrogens (primary N) is 1. The maximum absolute atomic E-state index is 11.4. The highest BCUT2D eigenvalue weighted by Gasteiger charge is 2.33. The molecule has 1 aromatic rings. The molecule has 0 aromatic carbocycles. The minimum absolute atomic E-state index is 0.0401. The van der Waals surface area contributed by atoms with E-state index in [0.717, 1.165) is 16.2 Å². The summed E-state index contributed by atoms with van der Waals surface area (Å²) in [5.74, 6) is -0.139. The molecule has 1 aliphatic heterocycles. The van der Waals surface area contributed by atoms with Crippen LogP contribution in [0.5, 0.6) is 0 Å². The smallest absolute Gasteiger partial charge is 0.372 e. The van der Waals surface area contributed by atoms with Crippen LogP contribution >= 0.6 is 0 Å². The molecule has 4 N–H and O–H groups in total. The zero-order valence-electron chi connectivity index (χ0n) is 8.22. The largest absolute Gasteiger partial charge is 0.393 e. The summed E-state index contributed by atoms with van der Waals surface area (Å²) in [6, 6.07) is 0. The SMILES string of the molecule is Nc1ncn(N2C[C@H](O)[C@@H](CO)O2)c(=O)n1. The Balaban J connectivity index is 2.23. The second-order valence-corrected chi connectivity index (χ2v) is 3.27. The van der Waals surface area contributed by atoms with Crippen LogP contribution in [-0.4, -0.2) is 50.2 Å². The van der Waals surface area contributed by atoms with E-state index in [-0.39, 0.29) is 19.1 Å². The van der Waals surface area contributed by atoms with E-state index in [1.165, 1.54) is 0 Å². The molecule has 1 saturated heterocycles. The van der Waals surface area contributed by atoms with Crippen molar-refractivity contribution in [2.75, 3.05) is 24.1 Å². The van der Waals surface area contributed by atoms with Crippen LogP contribution in [0.4, 0.5) is 5.95 Å². The van der Waals surface area contributed by atoms with Crippen LogP contribution in [0.3, 0.4) is 0 Å². The van der Waals surface area contributed by atoms with Gasteiger partial charge in [-0.2, -0.15) is 14.8 Å². The molecule has 9 heteroatoms. The maximum Gasteiger partial charge on any atom is 0.372 e. The van der Waals surface area contributed by atoms with Gasteiger partial charge >= 0.3 is 5.69 Å². The van der Waals surface area contributed by atoms with Gasteiger partial charge in [0, 0.05) is 0 Å². The van der Waals surface area contributed by atoms with Gasteiger partial charge in [-0.05, 0) is 0 Å². The predicted molar refractivity (Wildman–Crippen MR) is 51.8 cm³/mol. The van der Waals surface area contributed by atoms with Gasteiger partial charge in [-0.25, -0.2) is 14.6 Å². The van der Waals surface area contributed by atoms with Crippen LogP contribution in [0, 0.1) is 0 Å². The Morgan fingerprint density at radius 1 is 1.69 bits per heavy atom. The molecule has 1 fully saturated rings. The second-order valence-electron chi connectivity index (χ2n) is 3.27. The van der Waals surface area contributed by atoms with Gasteiger partial charge < -0.3 is 15.9 Å². The first-order valence-electron chi connectivity index (χ1n) is 4.56. The number of nitrogens with zero attached hydrogens (tertiary/aromatic N) is 4. The molecule has 2 rings (SSSR count). The van der Waals surface area contributed by atoms with Crippen molar-refractivity contribution in [3.05, 3.63) is 16.8 Å². The number of β-amino-alcohol motifs (C(OH)–C–C–N with tert-alkyl or cyclic N) is 1. The summed E-state index contributed by atoms with van der Waals surface area (Å²) in [6.07, 6.45) is -0.504. The zero-order chi connectivity index (χ0) is 11.7. The van der Waals surface area contributed by atoms with Crippen molar-refractivity contribution in [1.29, 1.82) is 0 Å². The van der Waals surface area contributed by atoms with Crippen LogP contribution in [0.25, 0.3) is 0 Å². The molecule has 0 radical (unpaired) electrons. The Hall–Kier alpha value is -1.71. The molecule has 16 heavy (non-hydrogen) atoms. The average molecular weight is 229 g/mol. The fourth-order valence-electron chi connectivity index (χ4n) is 1.34. The third-order valence-electron chi connectivity index (χ3n) is 2.16. The van der Waals surface area contributed by atoms with E-state index in [2.05, 4.69) is 9.97 Å². The van der Waals surface area contributed by atoms with Crippen LogP contribution in [0.2, 0.25) is 0 Å². The highest BCUT2D eigenvalue weighted by molar-refractivity contribution is 5.10. The molecule has 1 aromatic heterocycles. The zero-order valence-corrected chi connectivity index (χ0v) is 8.22. The minimum Gasteiger partial charge on any atom is -0.393 e. The fourth-order valence-corrected chi connectivity index (χ4v) is 1.34. The standard InChI is InChI=1S/C7H11N5O4/c8-6-9-3-11(7(15)10-6)12-1-4(14)5(2-13)16-12/h3-5,13-14H,1-2H2,(H2,8,10,15)/t4-,5+/m0/s1. The highest BCUT2D eigenvalue weighted by atomic mass is 16.7. The van der Waals surface area contributed by atoms with Gasteiger partial charge in [0.1, 0.15) is 18.5 Å². The molecule has 0 amide bonds. The number of aliphatic hydroxyl groups is 2. The van der Waals surface area contributed by atoms with Gasteiger partial charge in [-0.15, -0.1) is 0 Å². The van der Waals surface area contributed by atoms with Gasteiger partial charge in [-0.1, -0.05) is 0 Å². The van der Waals surface area contributed by atoms with E-state index < -0.39 is 17.9 Å². The minimum atomic E-state index is -0.880. The van der Waals surface area contributed by atoms with Crippen molar-refractivity contribution in [2.24, 2.45) is 0 Å². The Morgan fingerprint density at radius 3 is 3.00 bits per heavy atom. The number of hydrogen-bond donors (Lipinski definition) is 3. The summed E-state index contributed by atoms with van der Waals surface area (Å²) in [5.41, 5.74) is 4.55. The lowest BCUT2D eigenvalue weighted by atomic mass is 10.2. The summed E-state index contributed by atoms with van der Waals surface area (Å²) in [5, 5.41) is 19.4. The van der Waals surface area contributed by atoms with Gasteiger partial charge in [0.05, 0.1) is 13.2 Å². The maximum atomic E-state index is 11.4. The predicted octanol–water partition coefficient (Wildman–Crippen LogP) is -3.17. The third kappa shape index (κ3) is 1.83. The molecular formula is C7H11N5O4. The molecule has 0 unspecified atom stereocenters. The lowest BCUT2D eigenvalue weighted by molar-refractivity contribution is -0.0234. The normalized spacial score (nSPS) is 25.0. The van der Waals surface area contributed by atoms with Crippen molar-refractivity contribution < 1.29 is 15.1 Å². The molecule has 0 aliphatic carbocycles. The van der Waals surface area contributed by atoms with Crippen LogP contribution in [0.15, 0.2) is 11.1 Å². The van der Waals surface area contributed by atoms with Gasteiger partial charge in [0.2, 0.25) is 5.95 Å². The van der Waals surface area contributed by atoms with Crippen molar-refractivity contribution in [3.63, 3.8) is 0 Å². The lowest BCUT2D eigenvalue weighted by Gasteiger charge is -2.17. The molecule has 0 saturated carbocycles. The van der Waals surface area contributed by atoms with E-state index in [1.54, 1.807) is 0 Å². The first kappa shape index (κ1) is 10.8. The van der Waals surface area contributed by atoms with Gasteiger partial charge in [-0.3, -0.25) is 0 Å². The molecular weight excluding hydrogens is 218 g/mol. The second kappa shape index (κ2) is 4.04. The lowest BCUT2D eigenvalue weighted by Crippen LogP contribution is -2.41. The number of anilines is 1. The Morgan fingerprint density at radius 2 is 2.44 bits per heavy atom. The number of hydroxylamine groups is 1. The summed E-state index contributed by atoms with van der Waals surface area (Å²) in [4.78, 5) is 23.5. The quantitative estimate of drug-likeness (QED) is 0.484. The van der Waals surface area contributed by atoms with Crippen molar-refractivity contribution in [3.8, 4) is 0 Å². The fraction of sp³-hybridized carbons (Fsp3) is 0.571. The van der Waals surface area contributed by atoms with Gasteiger partial charge in [0.25, 0.3) is 0 Å². The van der Waals surface area contributed by atoms with Crippen LogP contribution in [-0.2, 0) is 4.84 Å². The average Bonchev–Trinajstić information content (AvgIpc) is 2.59. The van der Waals surface area contributed by atoms with E-state index in [1.807, 2.05) is 0 Å². The molecule has 0 spiro atoms. The highest BCUT2D eigenvalue weighted by Crippen LogP contribution is 2.11. The Bertz CT molecular complexity index is 435. The molecule has 9 nitrogen and oxygen atoms in total. The van der Waals surface area contributed by atoms with Crippen LogP contribution in [0.1, 0.15) is 0 Å². The summed E-state index contributed by atoms with van der Waals surface area (Å²) in [7, 11) is 0. The topological polar surface area (TPSA) is 127 Å². The summed E-state index contributed by atoms with van der Waals surface area (Å²) >= 11 is 0. The van der Waals surface area contributed by atoms with Crippen molar-refractivity contribution >= 4 is 5.95 Å². The molecule has 88 valence electrons. The van der Waals surface area contributed by atoms with E-state index in [9.17, 15) is 9.90 Å². The van der Waals surface area contributed by atoms with E-state index in [0.29, 0.717) is 0 Å². The monoisotopic (exact) mass is 229 g/mol. The number of hydrogen-bond acceptors (Lipinski definition) is 8. The Labute approximate surface area is 89.6 Å². The molecule has 2 atom stereocenters.